The molecular formula is C26H54NO7P. The molecule has 35 heavy (non-hydrogen) atoms. The number of ether oxygens (including phenoxy) is 2. The molecule has 0 spiro atoms. The van der Waals surface area contributed by atoms with E-state index < -0.39 is 13.9 Å². The second-order valence-corrected chi connectivity index (χ2v) is 11.8. The minimum atomic E-state index is -4.48. The third kappa shape index (κ3) is 25.0. The van der Waals surface area contributed by atoms with E-state index in [4.69, 9.17) is 18.5 Å². The molecule has 0 heterocycles. The van der Waals surface area contributed by atoms with Gasteiger partial charge in [0.1, 0.15) is 19.3 Å². The highest BCUT2D eigenvalue weighted by molar-refractivity contribution is 7.45. The van der Waals surface area contributed by atoms with Crippen molar-refractivity contribution >= 4 is 13.8 Å². The van der Waals surface area contributed by atoms with Crippen molar-refractivity contribution in [2.24, 2.45) is 0 Å². The van der Waals surface area contributed by atoms with E-state index in [2.05, 4.69) is 13.8 Å². The Hall–Kier alpha value is -0.500. The smallest absolute Gasteiger partial charge is 0.306 e. The van der Waals surface area contributed by atoms with Crippen LogP contribution < -0.4 is 4.89 Å². The van der Waals surface area contributed by atoms with E-state index in [1.54, 1.807) is 0 Å². The first kappa shape index (κ1) is 34.5. The number of likely N-dealkylation sites (N-methyl/N-ethyl adjacent to an activating group) is 1. The quantitative estimate of drug-likeness (QED) is 0.0663. The Morgan fingerprint density at radius 2 is 1.31 bits per heavy atom. The van der Waals surface area contributed by atoms with Crippen molar-refractivity contribution in [1.29, 1.82) is 0 Å². The molecule has 0 aliphatic carbocycles. The van der Waals surface area contributed by atoms with Crippen LogP contribution in [0, 0.1) is 0 Å². The average Bonchev–Trinajstić information content (AvgIpc) is 2.77. The fourth-order valence-corrected chi connectivity index (χ4v) is 4.15. The Morgan fingerprint density at radius 1 is 0.771 bits per heavy atom. The van der Waals surface area contributed by atoms with Crippen molar-refractivity contribution in [3.63, 3.8) is 0 Å². The number of esters is 1. The number of hydrogen-bond acceptors (Lipinski definition) is 7. The van der Waals surface area contributed by atoms with Crippen molar-refractivity contribution in [1.82, 2.24) is 0 Å². The molecule has 0 rings (SSSR count). The predicted octanol–water partition coefficient (Wildman–Crippen LogP) is 5.62. The first-order valence-electron chi connectivity index (χ1n) is 13.8. The van der Waals surface area contributed by atoms with Crippen LogP contribution in [0.4, 0.5) is 0 Å². The van der Waals surface area contributed by atoms with E-state index in [0.29, 0.717) is 24.1 Å². The van der Waals surface area contributed by atoms with Gasteiger partial charge < -0.3 is 27.9 Å². The number of carbonyl (C=O) groups excluding carboxylic acids is 1. The largest absolute Gasteiger partial charge is 0.756 e. The first-order chi connectivity index (χ1) is 16.6. The van der Waals surface area contributed by atoms with Crippen molar-refractivity contribution in [3.05, 3.63) is 0 Å². The minimum Gasteiger partial charge on any atom is -0.756 e. The van der Waals surface area contributed by atoms with Gasteiger partial charge in [-0.3, -0.25) is 9.36 Å². The fraction of sp³-hybridized carbons (Fsp3) is 0.962. The summed E-state index contributed by atoms with van der Waals surface area (Å²) in [5.74, 6) is -0.354. The van der Waals surface area contributed by atoms with Gasteiger partial charge in [-0.25, -0.2) is 0 Å². The van der Waals surface area contributed by atoms with E-state index in [1.165, 1.54) is 44.9 Å². The third-order valence-corrected chi connectivity index (χ3v) is 6.62. The standard InChI is InChI=1S/C26H54NO7P/c1-6-8-10-12-13-14-15-16-18-21-31-23-25(34-26(28)19-17-11-9-7-2)24-33-35(29,30)32-22-20-27(3,4)5/h25H,6-24H2,1-5H3. The number of unbranched alkanes of at least 4 members (excludes halogenated alkanes) is 11. The van der Waals surface area contributed by atoms with Crippen molar-refractivity contribution in [2.45, 2.75) is 110 Å². The van der Waals surface area contributed by atoms with Gasteiger partial charge >= 0.3 is 5.97 Å². The molecule has 9 heteroatoms. The number of carbonyl (C=O) groups is 1. The summed E-state index contributed by atoms with van der Waals surface area (Å²) in [6.45, 7) is 5.25. The van der Waals surface area contributed by atoms with E-state index in [0.717, 1.165) is 38.5 Å². The highest BCUT2D eigenvalue weighted by Crippen LogP contribution is 2.38. The molecular weight excluding hydrogens is 469 g/mol. The summed E-state index contributed by atoms with van der Waals surface area (Å²) >= 11 is 0. The van der Waals surface area contributed by atoms with Crippen molar-refractivity contribution in [3.8, 4) is 0 Å². The molecule has 2 unspecified atom stereocenters. The molecule has 0 amide bonds. The average molecular weight is 524 g/mol. The molecule has 0 aliphatic heterocycles. The van der Waals surface area contributed by atoms with Gasteiger partial charge in [-0.05, 0) is 12.8 Å². The van der Waals surface area contributed by atoms with Crippen LogP contribution in [0.1, 0.15) is 104 Å². The molecule has 0 aromatic heterocycles. The lowest BCUT2D eigenvalue weighted by Gasteiger charge is -2.28. The summed E-state index contributed by atoms with van der Waals surface area (Å²) in [6.07, 6.45) is 14.4. The summed E-state index contributed by atoms with van der Waals surface area (Å²) in [5.41, 5.74) is 0. The van der Waals surface area contributed by atoms with E-state index in [1.807, 2.05) is 21.1 Å². The SMILES string of the molecule is CCCCCCCCCCCOCC(COP(=O)([O-])OCC[N+](C)(C)C)OC(=O)CCCCCC. The van der Waals surface area contributed by atoms with Gasteiger partial charge in [0.05, 0.1) is 34.4 Å². The molecule has 0 aliphatic rings. The van der Waals surface area contributed by atoms with E-state index in [9.17, 15) is 14.3 Å². The molecule has 8 nitrogen and oxygen atoms in total. The molecule has 210 valence electrons. The topological polar surface area (TPSA) is 94.1 Å². The summed E-state index contributed by atoms with van der Waals surface area (Å²) in [5, 5.41) is 0. The van der Waals surface area contributed by atoms with Crippen LogP contribution in [-0.2, 0) is 27.9 Å². The van der Waals surface area contributed by atoms with Crippen molar-refractivity contribution in [2.75, 3.05) is 54.1 Å². The van der Waals surface area contributed by atoms with Crippen LogP contribution >= 0.6 is 7.82 Å². The van der Waals surface area contributed by atoms with Gasteiger partial charge in [-0.2, -0.15) is 0 Å². The van der Waals surface area contributed by atoms with Crippen LogP contribution in [0.2, 0.25) is 0 Å². The van der Waals surface area contributed by atoms with E-state index in [-0.39, 0.29) is 25.8 Å². The van der Waals surface area contributed by atoms with Gasteiger partial charge in [0.25, 0.3) is 7.82 Å². The van der Waals surface area contributed by atoms with Crippen LogP contribution in [0.5, 0.6) is 0 Å². The Balaban J connectivity index is 4.34. The van der Waals surface area contributed by atoms with Crippen LogP contribution in [0.25, 0.3) is 0 Å². The Bertz CT molecular complexity index is 554. The molecule has 0 aromatic carbocycles. The third-order valence-electron chi connectivity index (χ3n) is 5.66. The molecule has 0 aromatic rings. The second-order valence-electron chi connectivity index (χ2n) is 10.4. The molecule has 0 saturated carbocycles. The summed E-state index contributed by atoms with van der Waals surface area (Å²) in [6, 6.07) is 0. The zero-order chi connectivity index (χ0) is 26.4. The number of rotatable bonds is 25. The molecule has 0 radical (unpaired) electrons. The van der Waals surface area contributed by atoms with Crippen LogP contribution in [0.3, 0.4) is 0 Å². The van der Waals surface area contributed by atoms with Gasteiger partial charge in [0.15, 0.2) is 0 Å². The molecule has 2 atom stereocenters. The lowest BCUT2D eigenvalue weighted by Crippen LogP contribution is -2.37. The lowest BCUT2D eigenvalue weighted by molar-refractivity contribution is -0.870. The Labute approximate surface area is 215 Å². The Morgan fingerprint density at radius 3 is 1.89 bits per heavy atom. The van der Waals surface area contributed by atoms with Crippen LogP contribution in [0.15, 0.2) is 0 Å². The number of phosphoric acid groups is 1. The molecule has 0 N–H and O–H groups in total. The Kier molecular flexibility index (Phi) is 21.3. The fourth-order valence-electron chi connectivity index (χ4n) is 3.42. The van der Waals surface area contributed by atoms with Gasteiger partial charge in [-0.15, -0.1) is 0 Å². The van der Waals surface area contributed by atoms with Gasteiger partial charge in [0.2, 0.25) is 0 Å². The highest BCUT2D eigenvalue weighted by Gasteiger charge is 2.20. The maximum atomic E-state index is 12.2. The van der Waals surface area contributed by atoms with Gasteiger partial charge in [0, 0.05) is 13.0 Å². The maximum Gasteiger partial charge on any atom is 0.306 e. The normalized spacial score (nSPS) is 14.6. The minimum absolute atomic E-state index is 0.0290. The number of hydrogen-bond donors (Lipinski definition) is 0. The first-order valence-corrected chi connectivity index (χ1v) is 15.2. The summed E-state index contributed by atoms with van der Waals surface area (Å²) in [7, 11) is 1.36. The van der Waals surface area contributed by atoms with Crippen molar-refractivity contribution < 1.29 is 37.3 Å². The highest BCUT2D eigenvalue weighted by atomic mass is 31.2. The zero-order valence-electron chi connectivity index (χ0n) is 23.3. The number of phosphoric ester groups is 1. The lowest BCUT2D eigenvalue weighted by atomic mass is 10.1. The molecule has 0 fully saturated rings. The second kappa shape index (κ2) is 21.6. The summed E-state index contributed by atoms with van der Waals surface area (Å²) in [4.78, 5) is 24.3. The monoisotopic (exact) mass is 523 g/mol. The van der Waals surface area contributed by atoms with Crippen LogP contribution in [-0.4, -0.2) is 70.7 Å². The molecule has 0 saturated heterocycles. The van der Waals surface area contributed by atoms with Gasteiger partial charge in [-0.1, -0.05) is 84.5 Å². The molecule has 0 bridgehead atoms. The number of quaternary nitrogens is 1. The maximum absolute atomic E-state index is 12.2. The number of nitrogens with zero attached hydrogens (tertiary/aromatic N) is 1. The summed E-state index contributed by atoms with van der Waals surface area (Å²) < 4.78 is 33.8. The van der Waals surface area contributed by atoms with E-state index >= 15 is 0 Å². The predicted molar refractivity (Wildman–Crippen MR) is 139 cm³/mol. The zero-order valence-corrected chi connectivity index (χ0v) is 24.2.